The minimum Gasteiger partial charge on any atom is -0.495 e. The average Bonchev–Trinajstić information content (AvgIpc) is 2.90. The van der Waals surface area contributed by atoms with Crippen LogP contribution in [0.4, 0.5) is 9.18 Å². The molecule has 0 spiro atoms. The molecule has 1 aromatic carbocycles. The van der Waals surface area contributed by atoms with E-state index in [1.807, 2.05) is 33.0 Å². The molecule has 154 valence electrons. The summed E-state index contributed by atoms with van der Waals surface area (Å²) in [5, 5.41) is 13.7. The van der Waals surface area contributed by atoms with E-state index in [0.717, 1.165) is 11.3 Å². The number of hydrogen-bond acceptors (Lipinski definition) is 5. The van der Waals surface area contributed by atoms with Gasteiger partial charge in [-0.1, -0.05) is 0 Å². The molecule has 0 fully saturated rings. The van der Waals surface area contributed by atoms with Gasteiger partial charge in [-0.3, -0.25) is 4.68 Å². The van der Waals surface area contributed by atoms with Crippen LogP contribution in [0.3, 0.4) is 0 Å². The van der Waals surface area contributed by atoms with E-state index >= 15 is 0 Å². The number of halogens is 1. The second kappa shape index (κ2) is 8.11. The Hall–Kier alpha value is -3.08. The van der Waals surface area contributed by atoms with Crippen LogP contribution in [0.2, 0.25) is 0 Å². The molecular weight excluding hydrogens is 375 g/mol. The molecule has 29 heavy (non-hydrogen) atoms. The maximum Gasteiger partial charge on any atom is 0.410 e. The van der Waals surface area contributed by atoms with Gasteiger partial charge in [-0.25, -0.2) is 9.18 Å². The van der Waals surface area contributed by atoms with Crippen molar-refractivity contribution in [3.8, 4) is 11.8 Å². The molecule has 1 aromatic heterocycles. The Labute approximate surface area is 169 Å². The van der Waals surface area contributed by atoms with Gasteiger partial charge in [0, 0.05) is 25.7 Å². The quantitative estimate of drug-likeness (QED) is 0.790. The van der Waals surface area contributed by atoms with Crippen LogP contribution in [-0.4, -0.2) is 46.6 Å². The summed E-state index contributed by atoms with van der Waals surface area (Å²) in [4.78, 5) is 14.0. The van der Waals surface area contributed by atoms with Gasteiger partial charge in [0.25, 0.3) is 0 Å². The highest BCUT2D eigenvalue weighted by Gasteiger charge is 2.25. The van der Waals surface area contributed by atoms with Crippen molar-refractivity contribution < 1.29 is 18.7 Å². The van der Waals surface area contributed by atoms with Crippen LogP contribution >= 0.6 is 0 Å². The van der Waals surface area contributed by atoms with Crippen LogP contribution in [-0.2, 0) is 24.1 Å². The molecule has 0 radical (unpaired) electrons. The molecule has 2 aromatic rings. The van der Waals surface area contributed by atoms with Gasteiger partial charge in [0.1, 0.15) is 28.8 Å². The first-order chi connectivity index (χ1) is 13.7. The molecule has 0 atom stereocenters. The maximum absolute atomic E-state index is 14.1. The zero-order valence-electron chi connectivity index (χ0n) is 17.2. The number of rotatable bonds is 3. The fourth-order valence-electron chi connectivity index (χ4n) is 3.30. The molecule has 0 N–H and O–H groups in total. The minimum atomic E-state index is -0.608. The third-order valence-corrected chi connectivity index (χ3v) is 4.64. The van der Waals surface area contributed by atoms with Crippen molar-refractivity contribution >= 4 is 6.09 Å². The Morgan fingerprint density at radius 1 is 1.31 bits per heavy atom. The monoisotopic (exact) mass is 400 g/mol. The SMILES string of the molecule is COc1cc(Cn2cc3c(n2)CCN(C(=O)OC(C)(C)C)CC3)cc(F)c1C#N. The van der Waals surface area contributed by atoms with Crippen molar-refractivity contribution in [3.05, 3.63) is 46.5 Å². The molecule has 3 rings (SSSR count). The minimum absolute atomic E-state index is 0.102. The number of methoxy groups -OCH3 is 1. The summed E-state index contributed by atoms with van der Waals surface area (Å²) in [5.74, 6) is -0.396. The number of nitriles is 1. The Balaban J connectivity index is 1.71. The van der Waals surface area contributed by atoms with Crippen LogP contribution < -0.4 is 4.74 Å². The lowest BCUT2D eigenvalue weighted by Crippen LogP contribution is -2.38. The molecule has 1 aliphatic rings. The lowest BCUT2D eigenvalue weighted by Gasteiger charge is -2.26. The number of hydrogen-bond donors (Lipinski definition) is 0. The standard InChI is InChI=1S/C21H25FN4O3/c1-21(2,3)29-20(27)25-7-5-15-13-26(24-18(15)6-8-25)12-14-9-17(22)16(11-23)19(10-14)28-4/h9-10,13H,5-8,12H2,1-4H3. The van der Waals surface area contributed by atoms with Crippen LogP contribution in [0.1, 0.15) is 43.2 Å². The highest BCUT2D eigenvalue weighted by atomic mass is 19.1. The van der Waals surface area contributed by atoms with Crippen molar-refractivity contribution in [2.24, 2.45) is 0 Å². The van der Waals surface area contributed by atoms with Gasteiger partial charge in [-0.2, -0.15) is 10.4 Å². The number of carbonyl (C=O) groups is 1. The summed E-state index contributed by atoms with van der Waals surface area (Å²) in [6.45, 7) is 7.02. The topological polar surface area (TPSA) is 80.4 Å². The van der Waals surface area contributed by atoms with Crippen LogP contribution in [0.25, 0.3) is 0 Å². The molecule has 0 saturated heterocycles. The Kier molecular flexibility index (Phi) is 5.78. The Morgan fingerprint density at radius 3 is 2.69 bits per heavy atom. The highest BCUT2D eigenvalue weighted by Crippen LogP contribution is 2.24. The Bertz CT molecular complexity index is 931. The number of benzene rings is 1. The lowest BCUT2D eigenvalue weighted by atomic mass is 10.1. The molecule has 0 aliphatic carbocycles. The average molecular weight is 400 g/mol. The van der Waals surface area contributed by atoms with Crippen molar-refractivity contribution in [3.63, 3.8) is 0 Å². The van der Waals surface area contributed by atoms with Gasteiger partial charge in [0.05, 0.1) is 19.3 Å². The lowest BCUT2D eigenvalue weighted by molar-refractivity contribution is 0.0258. The molecule has 1 amide bonds. The van der Waals surface area contributed by atoms with Crippen molar-refractivity contribution in [2.45, 2.75) is 45.8 Å². The number of amides is 1. The molecule has 1 aliphatic heterocycles. The zero-order valence-corrected chi connectivity index (χ0v) is 17.2. The van der Waals surface area contributed by atoms with E-state index in [4.69, 9.17) is 14.7 Å². The predicted octanol–water partition coefficient (Wildman–Crippen LogP) is 3.29. The fourth-order valence-corrected chi connectivity index (χ4v) is 3.30. The first kappa shape index (κ1) is 20.6. The number of aromatic nitrogens is 2. The second-order valence-electron chi connectivity index (χ2n) is 8.03. The largest absolute Gasteiger partial charge is 0.495 e. The molecule has 0 bridgehead atoms. The van der Waals surface area contributed by atoms with E-state index < -0.39 is 11.4 Å². The Morgan fingerprint density at radius 2 is 2.03 bits per heavy atom. The predicted molar refractivity (Wildman–Crippen MR) is 104 cm³/mol. The molecule has 7 nitrogen and oxygen atoms in total. The smallest absolute Gasteiger partial charge is 0.410 e. The molecule has 8 heteroatoms. The molecular formula is C21H25FN4O3. The van der Waals surface area contributed by atoms with E-state index in [1.165, 1.54) is 13.2 Å². The van der Waals surface area contributed by atoms with E-state index in [2.05, 4.69) is 5.10 Å². The summed E-state index contributed by atoms with van der Waals surface area (Å²) in [6, 6.07) is 4.80. The van der Waals surface area contributed by atoms with Gasteiger partial charge >= 0.3 is 6.09 Å². The summed E-state index contributed by atoms with van der Waals surface area (Å²) in [7, 11) is 1.41. The third kappa shape index (κ3) is 4.86. The van der Waals surface area contributed by atoms with Crippen molar-refractivity contribution in [1.29, 1.82) is 5.26 Å². The van der Waals surface area contributed by atoms with Crippen molar-refractivity contribution in [1.82, 2.24) is 14.7 Å². The van der Waals surface area contributed by atoms with Crippen LogP contribution in [0, 0.1) is 17.1 Å². The summed E-state index contributed by atoms with van der Waals surface area (Å²) in [6.07, 6.45) is 2.93. The molecule has 0 unspecified atom stereocenters. The van der Waals surface area contributed by atoms with Gasteiger partial charge in [-0.15, -0.1) is 0 Å². The van der Waals surface area contributed by atoms with Gasteiger partial charge < -0.3 is 14.4 Å². The summed E-state index contributed by atoms with van der Waals surface area (Å²) in [5.41, 5.74) is 2.03. The highest BCUT2D eigenvalue weighted by molar-refractivity contribution is 5.68. The maximum atomic E-state index is 14.1. The zero-order chi connectivity index (χ0) is 21.2. The second-order valence-corrected chi connectivity index (χ2v) is 8.03. The summed E-state index contributed by atoms with van der Waals surface area (Å²) < 4.78 is 26.5. The molecule has 2 heterocycles. The van der Waals surface area contributed by atoms with Gasteiger partial charge in [-0.05, 0) is 50.5 Å². The number of nitrogens with zero attached hydrogens (tertiary/aromatic N) is 4. The van der Waals surface area contributed by atoms with Crippen LogP contribution in [0.5, 0.6) is 5.75 Å². The van der Waals surface area contributed by atoms with Gasteiger partial charge in [0.2, 0.25) is 0 Å². The normalized spacial score (nSPS) is 14.0. The van der Waals surface area contributed by atoms with Gasteiger partial charge in [0.15, 0.2) is 0 Å². The van der Waals surface area contributed by atoms with E-state index in [0.29, 0.717) is 38.0 Å². The van der Waals surface area contributed by atoms with Crippen molar-refractivity contribution in [2.75, 3.05) is 20.2 Å². The first-order valence-corrected chi connectivity index (χ1v) is 9.50. The third-order valence-electron chi connectivity index (χ3n) is 4.64. The van der Waals surface area contributed by atoms with Crippen LogP contribution in [0.15, 0.2) is 18.3 Å². The number of fused-ring (bicyclic) bond motifs is 1. The first-order valence-electron chi connectivity index (χ1n) is 9.50. The fraction of sp³-hybridized carbons (Fsp3) is 0.476. The van der Waals surface area contributed by atoms with E-state index in [1.54, 1.807) is 15.6 Å². The number of ether oxygens (including phenoxy) is 2. The molecule has 0 saturated carbocycles. The number of carbonyl (C=O) groups excluding carboxylic acids is 1. The van der Waals surface area contributed by atoms with E-state index in [-0.39, 0.29) is 17.4 Å². The summed E-state index contributed by atoms with van der Waals surface area (Å²) >= 11 is 0. The van der Waals surface area contributed by atoms with E-state index in [9.17, 15) is 9.18 Å².